The third-order valence-electron chi connectivity index (χ3n) is 3.12. The number of hydrogen-bond donors (Lipinski definition) is 0. The molecule has 1 aliphatic rings. The van der Waals surface area contributed by atoms with Gasteiger partial charge in [0.25, 0.3) is 0 Å². The van der Waals surface area contributed by atoms with Crippen LogP contribution < -0.4 is 0 Å². The van der Waals surface area contributed by atoms with E-state index < -0.39 is 0 Å². The molecule has 1 nitrogen and oxygen atoms in total. The van der Waals surface area contributed by atoms with Crippen molar-refractivity contribution in [2.75, 3.05) is 5.75 Å². The first kappa shape index (κ1) is 12.2. The Morgan fingerprint density at radius 2 is 2.19 bits per heavy atom. The molecule has 0 unspecified atom stereocenters. The number of rotatable bonds is 4. The first-order chi connectivity index (χ1) is 7.77. The second kappa shape index (κ2) is 5.87. The SMILES string of the molecule is Cc1ccsc1C(=O)CSC1CCCCC1. The summed E-state index contributed by atoms with van der Waals surface area (Å²) in [6.45, 7) is 2.02. The number of aryl methyl sites for hydroxylation is 1. The van der Waals surface area contributed by atoms with Crippen LogP contribution in [0.4, 0.5) is 0 Å². The zero-order valence-electron chi connectivity index (χ0n) is 9.70. The van der Waals surface area contributed by atoms with E-state index in [0.29, 0.717) is 11.5 Å². The molecule has 0 saturated heterocycles. The summed E-state index contributed by atoms with van der Waals surface area (Å²) in [5.41, 5.74) is 1.14. The van der Waals surface area contributed by atoms with Gasteiger partial charge in [0.2, 0.25) is 0 Å². The second-order valence-corrected chi connectivity index (χ2v) is 6.63. The van der Waals surface area contributed by atoms with Gasteiger partial charge >= 0.3 is 0 Å². The van der Waals surface area contributed by atoms with Crippen LogP contribution in [0, 0.1) is 6.92 Å². The lowest BCUT2D eigenvalue weighted by molar-refractivity contribution is 0.102. The fraction of sp³-hybridized carbons (Fsp3) is 0.615. The summed E-state index contributed by atoms with van der Waals surface area (Å²) in [4.78, 5) is 12.9. The Bertz CT molecular complexity index is 351. The van der Waals surface area contributed by atoms with Gasteiger partial charge in [0.15, 0.2) is 5.78 Å². The molecule has 1 aliphatic carbocycles. The number of thiophene rings is 1. The largest absolute Gasteiger partial charge is 0.292 e. The molecule has 1 aromatic heterocycles. The van der Waals surface area contributed by atoms with Gasteiger partial charge in [-0.2, -0.15) is 11.8 Å². The highest BCUT2D eigenvalue weighted by atomic mass is 32.2. The van der Waals surface area contributed by atoms with Crippen LogP contribution in [0.3, 0.4) is 0 Å². The average molecular weight is 254 g/mol. The standard InChI is InChI=1S/C13H18OS2/c1-10-7-8-15-13(10)12(14)9-16-11-5-3-2-4-6-11/h7-8,11H,2-6,9H2,1H3. The van der Waals surface area contributed by atoms with E-state index in [1.54, 1.807) is 11.3 Å². The van der Waals surface area contributed by atoms with Gasteiger partial charge < -0.3 is 0 Å². The quantitative estimate of drug-likeness (QED) is 0.745. The molecule has 1 heterocycles. The number of ketones is 1. The van der Waals surface area contributed by atoms with Crippen molar-refractivity contribution in [2.24, 2.45) is 0 Å². The monoisotopic (exact) mass is 254 g/mol. The number of carbonyl (C=O) groups is 1. The van der Waals surface area contributed by atoms with Crippen molar-refractivity contribution in [3.8, 4) is 0 Å². The summed E-state index contributed by atoms with van der Waals surface area (Å²) < 4.78 is 0. The minimum absolute atomic E-state index is 0.322. The fourth-order valence-electron chi connectivity index (χ4n) is 2.15. The lowest BCUT2D eigenvalue weighted by Gasteiger charge is -2.20. The minimum atomic E-state index is 0.322. The average Bonchev–Trinajstić information content (AvgIpc) is 2.74. The molecule has 0 atom stereocenters. The summed E-state index contributed by atoms with van der Waals surface area (Å²) in [6, 6.07) is 2.03. The Labute approximate surface area is 106 Å². The van der Waals surface area contributed by atoms with Gasteiger partial charge in [-0.3, -0.25) is 4.79 Å². The topological polar surface area (TPSA) is 17.1 Å². The van der Waals surface area contributed by atoms with Crippen molar-refractivity contribution < 1.29 is 4.79 Å². The number of thioether (sulfide) groups is 1. The summed E-state index contributed by atoms with van der Waals surface area (Å²) in [5, 5.41) is 2.74. The molecule has 0 radical (unpaired) electrons. The molecule has 0 amide bonds. The highest BCUT2D eigenvalue weighted by molar-refractivity contribution is 8.00. The Morgan fingerprint density at radius 1 is 1.44 bits per heavy atom. The minimum Gasteiger partial charge on any atom is -0.292 e. The molecule has 16 heavy (non-hydrogen) atoms. The van der Waals surface area contributed by atoms with Crippen molar-refractivity contribution in [3.05, 3.63) is 21.9 Å². The van der Waals surface area contributed by atoms with Gasteiger partial charge in [-0.05, 0) is 36.8 Å². The predicted octanol–water partition coefficient (Wildman–Crippen LogP) is 4.31. The van der Waals surface area contributed by atoms with Crippen molar-refractivity contribution >= 4 is 28.9 Å². The van der Waals surface area contributed by atoms with Crippen molar-refractivity contribution in [1.29, 1.82) is 0 Å². The number of carbonyl (C=O) groups excluding carboxylic acids is 1. The Kier molecular flexibility index (Phi) is 4.47. The maximum atomic E-state index is 12.0. The lowest BCUT2D eigenvalue weighted by Crippen LogP contribution is -2.12. The van der Waals surface area contributed by atoms with Gasteiger partial charge in [-0.15, -0.1) is 11.3 Å². The van der Waals surface area contributed by atoms with Crippen LogP contribution in [0.1, 0.15) is 47.3 Å². The van der Waals surface area contributed by atoms with Crippen LogP contribution in [0.15, 0.2) is 11.4 Å². The van der Waals surface area contributed by atoms with E-state index in [9.17, 15) is 4.79 Å². The zero-order chi connectivity index (χ0) is 11.4. The summed E-state index contributed by atoms with van der Waals surface area (Å²) in [7, 11) is 0. The molecular formula is C13H18OS2. The number of Topliss-reactive ketones (excluding diaryl/α,β-unsaturated/α-hetero) is 1. The van der Waals surface area contributed by atoms with Crippen LogP contribution in [0.2, 0.25) is 0 Å². The van der Waals surface area contributed by atoms with E-state index in [0.717, 1.165) is 15.7 Å². The van der Waals surface area contributed by atoms with E-state index >= 15 is 0 Å². The van der Waals surface area contributed by atoms with E-state index in [1.165, 1.54) is 32.1 Å². The maximum Gasteiger partial charge on any atom is 0.182 e. The molecule has 2 rings (SSSR count). The summed E-state index contributed by atoms with van der Waals surface area (Å²) in [6.07, 6.45) is 6.70. The van der Waals surface area contributed by atoms with Crippen LogP contribution in [-0.2, 0) is 0 Å². The second-order valence-electron chi connectivity index (χ2n) is 4.43. The van der Waals surface area contributed by atoms with E-state index in [4.69, 9.17) is 0 Å². The first-order valence-electron chi connectivity index (χ1n) is 5.96. The zero-order valence-corrected chi connectivity index (χ0v) is 11.3. The van der Waals surface area contributed by atoms with Crippen molar-refractivity contribution in [1.82, 2.24) is 0 Å². The number of hydrogen-bond acceptors (Lipinski definition) is 3. The van der Waals surface area contributed by atoms with Gasteiger partial charge in [-0.25, -0.2) is 0 Å². The molecule has 88 valence electrons. The molecule has 1 fully saturated rings. The van der Waals surface area contributed by atoms with Gasteiger partial charge in [0, 0.05) is 5.25 Å². The highest BCUT2D eigenvalue weighted by Gasteiger charge is 2.17. The summed E-state index contributed by atoms with van der Waals surface area (Å²) in [5.74, 6) is 0.995. The van der Waals surface area contributed by atoms with Crippen LogP contribution in [0.5, 0.6) is 0 Å². The molecule has 0 spiro atoms. The van der Waals surface area contributed by atoms with Crippen LogP contribution in [0.25, 0.3) is 0 Å². The Morgan fingerprint density at radius 3 is 2.81 bits per heavy atom. The predicted molar refractivity (Wildman–Crippen MR) is 72.7 cm³/mol. The first-order valence-corrected chi connectivity index (χ1v) is 7.89. The maximum absolute atomic E-state index is 12.0. The third-order valence-corrected chi connectivity index (χ3v) is 5.55. The molecule has 1 saturated carbocycles. The van der Waals surface area contributed by atoms with E-state index in [1.807, 2.05) is 30.1 Å². The van der Waals surface area contributed by atoms with E-state index in [2.05, 4.69) is 0 Å². The Hall–Kier alpha value is -0.280. The van der Waals surface area contributed by atoms with E-state index in [-0.39, 0.29) is 0 Å². The molecular weight excluding hydrogens is 236 g/mol. The smallest absolute Gasteiger partial charge is 0.182 e. The molecule has 0 aromatic carbocycles. The van der Waals surface area contributed by atoms with Gasteiger partial charge in [0.1, 0.15) is 0 Å². The normalized spacial score (nSPS) is 17.6. The van der Waals surface area contributed by atoms with Crippen molar-refractivity contribution in [2.45, 2.75) is 44.3 Å². The Balaban J connectivity index is 1.81. The molecule has 0 bridgehead atoms. The molecule has 0 N–H and O–H groups in total. The van der Waals surface area contributed by atoms with Gasteiger partial charge in [-0.1, -0.05) is 19.3 Å². The molecule has 3 heteroatoms. The molecule has 1 aromatic rings. The van der Waals surface area contributed by atoms with Crippen molar-refractivity contribution in [3.63, 3.8) is 0 Å². The van der Waals surface area contributed by atoms with Crippen LogP contribution >= 0.6 is 23.1 Å². The highest BCUT2D eigenvalue weighted by Crippen LogP contribution is 2.29. The lowest BCUT2D eigenvalue weighted by atomic mass is 10.0. The fourth-order valence-corrected chi connectivity index (χ4v) is 4.30. The third kappa shape index (κ3) is 3.11. The summed E-state index contributed by atoms with van der Waals surface area (Å²) >= 11 is 3.45. The van der Waals surface area contributed by atoms with Gasteiger partial charge in [0.05, 0.1) is 10.6 Å². The molecule has 0 aliphatic heterocycles. The van der Waals surface area contributed by atoms with Crippen LogP contribution in [-0.4, -0.2) is 16.8 Å².